The summed E-state index contributed by atoms with van der Waals surface area (Å²) < 4.78 is 68.7. The molecule has 0 heterocycles. The minimum atomic E-state index is -4.99. The van der Waals surface area contributed by atoms with Gasteiger partial charge >= 0.3 is 39.5 Å². The fraction of sp³-hybridized carbons (Fsp3) is 0.724. The second-order valence-corrected chi connectivity index (χ2v) is 30.6. The van der Waals surface area contributed by atoms with Crippen LogP contribution in [0.15, 0.2) is 122 Å². The molecule has 17 nitrogen and oxygen atoms in total. The second kappa shape index (κ2) is 78.6. The Morgan fingerprint density at radius 2 is 0.491 bits per heavy atom. The van der Waals surface area contributed by atoms with Gasteiger partial charge < -0.3 is 33.8 Å². The Bertz CT molecular complexity index is 2480. The number of hydrogen-bond donors (Lipinski definition) is 3. The van der Waals surface area contributed by atoms with Crippen LogP contribution in [0.25, 0.3) is 0 Å². The molecule has 3 N–H and O–H groups in total. The van der Waals surface area contributed by atoms with Crippen molar-refractivity contribution in [1.82, 2.24) is 0 Å². The third kappa shape index (κ3) is 77.6. The number of rotatable bonds is 78. The van der Waals surface area contributed by atoms with Crippen molar-refractivity contribution in [2.45, 2.75) is 367 Å². The number of aliphatic hydroxyl groups excluding tert-OH is 1. The number of phosphoric ester groups is 2. The summed E-state index contributed by atoms with van der Waals surface area (Å²) in [4.78, 5) is 73.1. The third-order valence-corrected chi connectivity index (χ3v) is 19.4. The molecule has 0 aromatic heterocycles. The lowest BCUT2D eigenvalue weighted by Crippen LogP contribution is -2.30. The van der Waals surface area contributed by atoms with E-state index >= 15 is 0 Å². The van der Waals surface area contributed by atoms with Gasteiger partial charge in [-0.05, 0) is 116 Å². The van der Waals surface area contributed by atoms with Crippen LogP contribution in [0, 0.1) is 0 Å². The summed E-state index contributed by atoms with van der Waals surface area (Å²) in [7, 11) is -9.97. The van der Waals surface area contributed by atoms with Gasteiger partial charge in [0.2, 0.25) is 0 Å². The lowest BCUT2D eigenvalue weighted by molar-refractivity contribution is -0.161. The highest BCUT2D eigenvalue weighted by Gasteiger charge is 2.30. The SMILES string of the molecule is CC/C=C\C/C=C\C/C=C\C/C=C\C/C=C\CCCCCC(=O)OC[C@H](COP(=O)(O)OC[C@H](O)COP(=O)(O)OC[C@@H](COC(=O)CCCCC/C=C\C/C=C\C/C=C\C/C=C\C/C=C\CC)OC(=O)CCCCCCCCCCCCCCCCC)OC(=O)CCCCCCCCCCCCCCC. The smallest absolute Gasteiger partial charge is 0.462 e. The molecule has 0 aliphatic carbocycles. The molecule has 0 aliphatic heterocycles. The van der Waals surface area contributed by atoms with Crippen LogP contribution in [0.1, 0.15) is 349 Å². The molecule has 0 aliphatic rings. The zero-order valence-corrected chi connectivity index (χ0v) is 68.6. The lowest BCUT2D eigenvalue weighted by atomic mass is 10.0. The number of phosphoric acid groups is 2. The van der Waals surface area contributed by atoms with Crippen LogP contribution >= 0.6 is 15.6 Å². The van der Waals surface area contributed by atoms with E-state index in [1.165, 1.54) is 116 Å². The summed E-state index contributed by atoms with van der Waals surface area (Å²) in [6.07, 6.45) is 87.4. The van der Waals surface area contributed by atoms with Crippen molar-refractivity contribution in [3.63, 3.8) is 0 Å². The molecule has 0 amide bonds. The Hall–Kier alpha value is -4.54. The molecular weight excluding hydrogens is 1380 g/mol. The maximum atomic E-state index is 13.1. The van der Waals surface area contributed by atoms with E-state index in [9.17, 15) is 43.2 Å². The molecular formula is C87H150O17P2. The standard InChI is InChI=1S/C87H150O17P2/c1-5-9-13-17-21-25-29-33-36-38-40-42-45-48-51-55-59-63-67-71-84(89)97-77-82(103-86(91)73-69-65-61-57-53-47-32-28-24-20-16-12-8-4)79-101-105(93,94)99-75-81(88)76-100-106(95,96)102-80-83(104-87(92)74-70-66-62-58-54-50-44-35-31-27-23-19-15-11-7-3)78-98-85(90)72-68-64-60-56-52-49-46-43-41-39-37-34-30-26-22-18-14-10-6-2/h9-10,13-14,21-22,25-26,33-34,36-37,40-43,48-49,51-52,81-83,88H,5-8,11-12,15-20,23-24,27-32,35,38-39,44-47,50,53-80H2,1-4H3,(H,93,94)(H,95,96)/b13-9-,14-10-,25-21-,26-22-,36-33-,37-34-,42-40-,43-41-,51-48-,52-49-/t81-,82+,83+/m0/s1. The van der Waals surface area contributed by atoms with Gasteiger partial charge in [-0.1, -0.05) is 329 Å². The van der Waals surface area contributed by atoms with Gasteiger partial charge in [-0.25, -0.2) is 9.13 Å². The number of carbonyl (C=O) groups excluding carboxylic acids is 4. The maximum absolute atomic E-state index is 13.1. The predicted octanol–water partition coefficient (Wildman–Crippen LogP) is 24.7. The number of ether oxygens (including phenoxy) is 4. The zero-order valence-electron chi connectivity index (χ0n) is 66.8. The van der Waals surface area contributed by atoms with Gasteiger partial charge in [-0.15, -0.1) is 0 Å². The van der Waals surface area contributed by atoms with Crippen LogP contribution in [-0.2, 0) is 65.4 Å². The maximum Gasteiger partial charge on any atom is 0.472 e. The number of esters is 4. The van der Waals surface area contributed by atoms with E-state index in [1.807, 2.05) is 0 Å². The van der Waals surface area contributed by atoms with E-state index in [0.717, 1.165) is 154 Å². The van der Waals surface area contributed by atoms with Crippen molar-refractivity contribution in [2.24, 2.45) is 0 Å². The summed E-state index contributed by atoms with van der Waals surface area (Å²) in [6, 6.07) is 0. The lowest BCUT2D eigenvalue weighted by Gasteiger charge is -2.21. The first-order chi connectivity index (χ1) is 51.7. The van der Waals surface area contributed by atoms with E-state index < -0.39 is 97.5 Å². The average molecular weight is 1530 g/mol. The molecule has 0 aromatic rings. The molecule has 0 radical (unpaired) electrons. The van der Waals surface area contributed by atoms with E-state index in [-0.39, 0.29) is 25.7 Å². The molecule has 106 heavy (non-hydrogen) atoms. The molecule has 19 heteroatoms. The minimum Gasteiger partial charge on any atom is -0.462 e. The average Bonchev–Trinajstić information content (AvgIpc) is 0.901. The summed E-state index contributed by atoms with van der Waals surface area (Å²) in [5, 5.41) is 10.7. The van der Waals surface area contributed by atoms with E-state index in [2.05, 4.69) is 149 Å². The van der Waals surface area contributed by atoms with Crippen molar-refractivity contribution >= 4 is 39.5 Å². The number of carbonyl (C=O) groups is 4. The van der Waals surface area contributed by atoms with Crippen molar-refractivity contribution < 1.29 is 80.2 Å². The molecule has 0 spiro atoms. The second-order valence-electron chi connectivity index (χ2n) is 27.7. The van der Waals surface area contributed by atoms with Crippen molar-refractivity contribution in [3.8, 4) is 0 Å². The Kier molecular flexibility index (Phi) is 75.2. The minimum absolute atomic E-state index is 0.0884. The molecule has 0 saturated heterocycles. The fourth-order valence-electron chi connectivity index (χ4n) is 11.2. The van der Waals surface area contributed by atoms with E-state index in [1.54, 1.807) is 0 Å². The van der Waals surface area contributed by atoms with Crippen LogP contribution in [-0.4, -0.2) is 96.7 Å². The molecule has 0 fully saturated rings. The Labute approximate surface area is 644 Å². The van der Waals surface area contributed by atoms with Gasteiger partial charge in [0.05, 0.1) is 26.4 Å². The normalized spacial score (nSPS) is 14.4. The topological polar surface area (TPSA) is 237 Å². The first-order valence-electron chi connectivity index (χ1n) is 41.8. The number of hydrogen-bond acceptors (Lipinski definition) is 15. The summed E-state index contributed by atoms with van der Waals surface area (Å²) in [5.74, 6) is -2.23. The fourth-order valence-corrected chi connectivity index (χ4v) is 12.7. The van der Waals surface area contributed by atoms with Crippen molar-refractivity contribution in [3.05, 3.63) is 122 Å². The van der Waals surface area contributed by atoms with E-state index in [4.69, 9.17) is 37.0 Å². The quantitative estimate of drug-likeness (QED) is 0.0169. The monoisotopic (exact) mass is 1530 g/mol. The first-order valence-corrected chi connectivity index (χ1v) is 44.8. The van der Waals surface area contributed by atoms with E-state index in [0.29, 0.717) is 25.7 Å². The molecule has 2 unspecified atom stereocenters. The molecule has 0 saturated carbocycles. The zero-order chi connectivity index (χ0) is 77.4. The number of unbranched alkanes of at least 4 members (excludes halogenated alkanes) is 32. The predicted molar refractivity (Wildman–Crippen MR) is 436 cm³/mol. The van der Waals surface area contributed by atoms with Crippen LogP contribution in [0.2, 0.25) is 0 Å². The van der Waals surface area contributed by atoms with Crippen LogP contribution in [0.4, 0.5) is 0 Å². The van der Waals surface area contributed by atoms with Crippen LogP contribution in [0.5, 0.6) is 0 Å². The molecule has 610 valence electrons. The van der Waals surface area contributed by atoms with Gasteiger partial charge in [0.25, 0.3) is 0 Å². The summed E-state index contributed by atoms with van der Waals surface area (Å²) in [6.45, 7) is 4.63. The van der Waals surface area contributed by atoms with Crippen LogP contribution in [0.3, 0.4) is 0 Å². The Balaban J connectivity index is 5.39. The Morgan fingerprint density at radius 1 is 0.274 bits per heavy atom. The van der Waals surface area contributed by atoms with Gasteiger partial charge in [0, 0.05) is 25.7 Å². The molecule has 0 aromatic carbocycles. The van der Waals surface area contributed by atoms with Crippen LogP contribution < -0.4 is 0 Å². The van der Waals surface area contributed by atoms with Crippen molar-refractivity contribution in [1.29, 1.82) is 0 Å². The first kappa shape index (κ1) is 101. The van der Waals surface area contributed by atoms with Gasteiger partial charge in [0.15, 0.2) is 12.2 Å². The van der Waals surface area contributed by atoms with Gasteiger partial charge in [-0.3, -0.25) is 37.3 Å². The highest BCUT2D eigenvalue weighted by atomic mass is 31.2. The number of aliphatic hydroxyl groups is 1. The summed E-state index contributed by atoms with van der Waals surface area (Å²) >= 11 is 0. The largest absolute Gasteiger partial charge is 0.472 e. The third-order valence-electron chi connectivity index (χ3n) is 17.5. The van der Waals surface area contributed by atoms with Crippen molar-refractivity contribution in [2.75, 3.05) is 39.6 Å². The molecule has 0 bridgehead atoms. The molecule has 5 atom stereocenters. The number of allylic oxidation sites excluding steroid dienone is 20. The molecule has 0 rings (SSSR count). The highest BCUT2D eigenvalue weighted by molar-refractivity contribution is 7.47. The van der Waals surface area contributed by atoms with Gasteiger partial charge in [0.1, 0.15) is 19.3 Å². The van der Waals surface area contributed by atoms with Gasteiger partial charge in [-0.2, -0.15) is 0 Å². The summed E-state index contributed by atoms with van der Waals surface area (Å²) in [5.41, 5.74) is 0. The Morgan fingerprint density at radius 3 is 0.755 bits per heavy atom. The highest BCUT2D eigenvalue weighted by Crippen LogP contribution is 2.45.